The Kier molecular flexibility index (Phi) is 2.06. The van der Waals surface area contributed by atoms with Crippen LogP contribution in [-0.2, 0) is 13.6 Å². The number of nitrogens with zero attached hydrogens (tertiary/aromatic N) is 3. The van der Waals surface area contributed by atoms with Gasteiger partial charge in [0.1, 0.15) is 18.9 Å². The highest BCUT2D eigenvalue weighted by atomic mass is 15.1. The first-order valence-corrected chi connectivity index (χ1v) is 3.21. The number of imidazole rings is 1. The van der Waals surface area contributed by atoms with Crippen LogP contribution in [0.5, 0.6) is 0 Å². The summed E-state index contributed by atoms with van der Waals surface area (Å²) in [6.45, 7) is 0.789. The zero-order valence-corrected chi connectivity index (χ0v) is 5.99. The molecule has 0 aromatic carbocycles. The van der Waals surface area contributed by atoms with Gasteiger partial charge < -0.3 is 0 Å². The summed E-state index contributed by atoms with van der Waals surface area (Å²) >= 11 is 0. The van der Waals surface area contributed by atoms with Gasteiger partial charge in [-0.25, -0.2) is 9.13 Å². The van der Waals surface area contributed by atoms with Crippen LogP contribution in [0.2, 0.25) is 0 Å². The van der Waals surface area contributed by atoms with Gasteiger partial charge in [0.2, 0.25) is 6.33 Å². The lowest BCUT2D eigenvalue weighted by Gasteiger charge is -1.85. The number of hydrogen-bond acceptors (Lipinski definition) is 1. The summed E-state index contributed by atoms with van der Waals surface area (Å²) in [6, 6.07) is 2.10. The largest absolute Gasteiger partial charge is 0.243 e. The molecule has 1 aromatic rings. The second-order valence-electron chi connectivity index (χ2n) is 2.23. The summed E-state index contributed by atoms with van der Waals surface area (Å²) < 4.78 is 3.95. The van der Waals surface area contributed by atoms with Crippen LogP contribution in [0, 0.1) is 11.3 Å². The Morgan fingerprint density at radius 1 is 1.70 bits per heavy atom. The van der Waals surface area contributed by atoms with E-state index in [1.54, 1.807) is 0 Å². The Balaban J connectivity index is 2.52. The molecule has 0 fully saturated rings. The maximum absolute atomic E-state index is 8.26. The van der Waals surface area contributed by atoms with E-state index in [1.807, 2.05) is 34.9 Å². The van der Waals surface area contributed by atoms with Crippen molar-refractivity contribution in [2.75, 3.05) is 0 Å². The van der Waals surface area contributed by atoms with Crippen LogP contribution in [0.3, 0.4) is 0 Å². The van der Waals surface area contributed by atoms with Gasteiger partial charge in [0.05, 0.1) is 19.5 Å². The van der Waals surface area contributed by atoms with E-state index in [2.05, 4.69) is 6.07 Å². The van der Waals surface area contributed by atoms with E-state index in [0.29, 0.717) is 6.42 Å². The molecular weight excluding hydrogens is 126 g/mol. The van der Waals surface area contributed by atoms with Gasteiger partial charge in [-0.05, 0) is 0 Å². The van der Waals surface area contributed by atoms with E-state index >= 15 is 0 Å². The van der Waals surface area contributed by atoms with Gasteiger partial charge in [0.25, 0.3) is 0 Å². The zero-order chi connectivity index (χ0) is 7.40. The molecule has 0 amide bonds. The monoisotopic (exact) mass is 136 g/mol. The van der Waals surface area contributed by atoms with E-state index in [0.717, 1.165) is 6.54 Å². The van der Waals surface area contributed by atoms with Crippen molar-refractivity contribution in [3.63, 3.8) is 0 Å². The maximum atomic E-state index is 8.26. The summed E-state index contributed by atoms with van der Waals surface area (Å²) in [5.41, 5.74) is 0. The van der Waals surface area contributed by atoms with E-state index < -0.39 is 0 Å². The number of nitriles is 1. The van der Waals surface area contributed by atoms with E-state index in [9.17, 15) is 0 Å². The minimum absolute atomic E-state index is 0.578. The molecule has 3 heteroatoms. The Bertz CT molecular complexity index is 244. The second-order valence-corrected chi connectivity index (χ2v) is 2.23. The number of aromatic nitrogens is 2. The predicted octanol–water partition coefficient (Wildman–Crippen LogP) is 0.226. The molecule has 0 spiro atoms. The summed E-state index contributed by atoms with van der Waals surface area (Å²) in [5, 5.41) is 8.26. The smallest absolute Gasteiger partial charge is 0.240 e. The van der Waals surface area contributed by atoms with Gasteiger partial charge in [0.15, 0.2) is 0 Å². The quantitative estimate of drug-likeness (QED) is 0.535. The number of hydrogen-bond donors (Lipinski definition) is 0. The fourth-order valence-corrected chi connectivity index (χ4v) is 0.813. The SMILES string of the molecule is C[n+]1ccn(CCC#N)c1. The molecule has 10 heavy (non-hydrogen) atoms. The molecule has 0 saturated heterocycles. The van der Waals surface area contributed by atoms with Crippen molar-refractivity contribution in [2.24, 2.45) is 7.05 Å². The molecule has 0 unspecified atom stereocenters. The number of aryl methyl sites for hydroxylation is 2. The predicted molar refractivity (Wildman–Crippen MR) is 35.8 cm³/mol. The molecule has 0 N–H and O–H groups in total. The molecule has 0 radical (unpaired) electrons. The lowest BCUT2D eigenvalue weighted by molar-refractivity contribution is -0.671. The number of rotatable bonds is 2. The van der Waals surface area contributed by atoms with Gasteiger partial charge in [-0.15, -0.1) is 0 Å². The Labute approximate surface area is 60.1 Å². The molecule has 1 heterocycles. The molecular formula is C7H10N3+. The molecule has 0 aliphatic rings. The van der Waals surface area contributed by atoms with E-state index in [4.69, 9.17) is 5.26 Å². The molecule has 1 rings (SSSR count). The molecule has 0 bridgehead atoms. The van der Waals surface area contributed by atoms with Crippen LogP contribution in [0.25, 0.3) is 0 Å². The van der Waals surface area contributed by atoms with Gasteiger partial charge in [-0.1, -0.05) is 0 Å². The first-order valence-electron chi connectivity index (χ1n) is 3.21. The van der Waals surface area contributed by atoms with Crippen LogP contribution in [0.4, 0.5) is 0 Å². The average molecular weight is 136 g/mol. The second kappa shape index (κ2) is 3.02. The molecule has 0 atom stereocenters. The third kappa shape index (κ3) is 1.59. The standard InChI is InChI=1S/C7H10N3/c1-9-5-6-10(7-9)4-2-3-8/h5-7H,2,4H2,1H3/q+1. The minimum Gasteiger partial charge on any atom is -0.240 e. The summed E-state index contributed by atoms with van der Waals surface area (Å²) in [7, 11) is 1.96. The summed E-state index contributed by atoms with van der Waals surface area (Å²) in [6.07, 6.45) is 6.45. The summed E-state index contributed by atoms with van der Waals surface area (Å²) in [5.74, 6) is 0. The molecule has 0 saturated carbocycles. The van der Waals surface area contributed by atoms with Crippen molar-refractivity contribution in [1.29, 1.82) is 5.26 Å². The minimum atomic E-state index is 0.578. The van der Waals surface area contributed by atoms with Gasteiger partial charge in [0, 0.05) is 0 Å². The fraction of sp³-hybridized carbons (Fsp3) is 0.429. The maximum Gasteiger partial charge on any atom is 0.243 e. The third-order valence-corrected chi connectivity index (χ3v) is 1.31. The van der Waals surface area contributed by atoms with Crippen LogP contribution in [0.1, 0.15) is 6.42 Å². The van der Waals surface area contributed by atoms with Gasteiger partial charge in [-0.3, -0.25) is 0 Å². The fourth-order valence-electron chi connectivity index (χ4n) is 0.813. The highest BCUT2D eigenvalue weighted by Gasteiger charge is 1.96. The zero-order valence-electron chi connectivity index (χ0n) is 5.99. The van der Waals surface area contributed by atoms with Crippen molar-refractivity contribution < 1.29 is 4.57 Å². The van der Waals surface area contributed by atoms with Crippen molar-refractivity contribution in [3.8, 4) is 6.07 Å². The molecule has 52 valence electrons. The van der Waals surface area contributed by atoms with E-state index in [-0.39, 0.29) is 0 Å². The van der Waals surface area contributed by atoms with E-state index in [1.165, 1.54) is 0 Å². The highest BCUT2D eigenvalue weighted by molar-refractivity contribution is 4.72. The van der Waals surface area contributed by atoms with Crippen molar-refractivity contribution in [1.82, 2.24) is 4.57 Å². The molecule has 0 aliphatic heterocycles. The topological polar surface area (TPSA) is 32.6 Å². The lowest BCUT2D eigenvalue weighted by Crippen LogP contribution is -2.23. The average Bonchev–Trinajstić information content (AvgIpc) is 2.31. The van der Waals surface area contributed by atoms with Crippen LogP contribution < -0.4 is 4.57 Å². The molecule has 3 nitrogen and oxygen atoms in total. The Hall–Kier alpha value is -1.30. The van der Waals surface area contributed by atoms with Crippen molar-refractivity contribution >= 4 is 0 Å². The Morgan fingerprint density at radius 2 is 2.50 bits per heavy atom. The summed E-state index contributed by atoms with van der Waals surface area (Å²) in [4.78, 5) is 0. The van der Waals surface area contributed by atoms with Gasteiger partial charge >= 0.3 is 0 Å². The van der Waals surface area contributed by atoms with Crippen LogP contribution >= 0.6 is 0 Å². The van der Waals surface area contributed by atoms with Crippen LogP contribution in [0.15, 0.2) is 18.7 Å². The normalized spacial score (nSPS) is 9.20. The van der Waals surface area contributed by atoms with Gasteiger partial charge in [-0.2, -0.15) is 5.26 Å². The highest BCUT2D eigenvalue weighted by Crippen LogP contribution is 1.86. The van der Waals surface area contributed by atoms with Crippen LogP contribution in [-0.4, -0.2) is 4.57 Å². The van der Waals surface area contributed by atoms with Crippen molar-refractivity contribution in [2.45, 2.75) is 13.0 Å². The Morgan fingerprint density at radius 3 is 3.00 bits per heavy atom. The first kappa shape index (κ1) is 6.81. The first-order chi connectivity index (χ1) is 4.83. The lowest BCUT2D eigenvalue weighted by atomic mass is 10.5. The molecule has 1 aromatic heterocycles. The molecule has 0 aliphatic carbocycles. The third-order valence-electron chi connectivity index (χ3n) is 1.31. The van der Waals surface area contributed by atoms with Crippen molar-refractivity contribution in [3.05, 3.63) is 18.7 Å².